The van der Waals surface area contributed by atoms with Gasteiger partial charge in [0, 0.05) is 21.1 Å². The van der Waals surface area contributed by atoms with Gasteiger partial charge in [-0.15, -0.1) is 0 Å². The van der Waals surface area contributed by atoms with Crippen molar-refractivity contribution in [3.8, 4) is 5.75 Å². The first-order valence-electron chi connectivity index (χ1n) is 13.2. The quantitative estimate of drug-likeness (QED) is 0.0814. The fourth-order valence-corrected chi connectivity index (χ4v) is 9.36. The van der Waals surface area contributed by atoms with E-state index in [9.17, 15) is 27.4 Å². The predicted octanol–water partition coefficient (Wildman–Crippen LogP) is 6.23. The van der Waals surface area contributed by atoms with Crippen LogP contribution in [0.25, 0.3) is 0 Å². The number of rotatable bonds is 8. The number of carbonyl (C=O) groups is 3. The highest BCUT2D eigenvalue weighted by Gasteiger charge is 2.61. The molecule has 13 heteroatoms. The van der Waals surface area contributed by atoms with Crippen LogP contribution in [-0.2, 0) is 35.7 Å². The minimum absolute atomic E-state index is 0.00316. The largest absolute Gasteiger partial charge is 0.514 e. The summed E-state index contributed by atoms with van der Waals surface area (Å²) in [5.74, 6) is -0.684. The molecule has 0 aromatic heterocycles. The highest BCUT2D eigenvalue weighted by molar-refractivity contribution is 14.1. The van der Waals surface area contributed by atoms with Crippen LogP contribution in [0.2, 0.25) is 0 Å². The highest BCUT2D eigenvalue weighted by atomic mass is 127. The first kappa shape index (κ1) is 31.2. The molecule has 224 valence electrons. The van der Waals surface area contributed by atoms with Gasteiger partial charge in [-0.2, -0.15) is 8.42 Å². The molecule has 0 heterocycles. The van der Waals surface area contributed by atoms with Gasteiger partial charge in [0.15, 0.2) is 5.75 Å². The molecule has 1 N–H and O–H groups in total. The van der Waals surface area contributed by atoms with Gasteiger partial charge < -0.3 is 18.9 Å². The first-order chi connectivity index (χ1) is 19.7. The summed E-state index contributed by atoms with van der Waals surface area (Å²) >= 11 is 4.17. The Bertz CT molecular complexity index is 1570. The molecule has 4 aliphatic rings. The zero-order valence-corrected chi connectivity index (χ0v) is 27.7. The number of esters is 2. The summed E-state index contributed by atoms with van der Waals surface area (Å²) in [6, 6.07) is 8.64. The number of benzene rings is 2. The maximum atomic E-state index is 13.3. The third-order valence-electron chi connectivity index (χ3n) is 7.91. The fourth-order valence-electron chi connectivity index (χ4n) is 6.76. The molecule has 0 radical (unpaired) electrons. The van der Waals surface area contributed by atoms with Crippen LogP contribution in [0, 0.1) is 19.0 Å². The molecule has 2 unspecified atom stereocenters. The van der Waals surface area contributed by atoms with E-state index in [2.05, 4.69) is 29.2 Å². The van der Waals surface area contributed by atoms with Crippen LogP contribution in [0.4, 0.5) is 4.79 Å². The minimum atomic E-state index is -4.49. The second-order valence-electron chi connectivity index (χ2n) is 11.4. The van der Waals surface area contributed by atoms with E-state index < -0.39 is 44.3 Å². The summed E-state index contributed by atoms with van der Waals surface area (Å²) < 4.78 is 57.1. The molecule has 2 atom stereocenters. The van der Waals surface area contributed by atoms with E-state index in [0.29, 0.717) is 41.2 Å². The summed E-state index contributed by atoms with van der Waals surface area (Å²) in [5, 5.41) is 0. The van der Waals surface area contributed by atoms with Crippen LogP contribution < -0.4 is 4.74 Å². The number of ether oxygens (including phenoxy) is 4. The Morgan fingerprint density at radius 2 is 1.67 bits per heavy atom. The summed E-state index contributed by atoms with van der Waals surface area (Å²) in [4.78, 5) is 38.0. The van der Waals surface area contributed by atoms with Crippen molar-refractivity contribution >= 4 is 73.4 Å². The van der Waals surface area contributed by atoms with Crippen LogP contribution >= 0.6 is 45.2 Å². The number of hydrogen-bond acceptors (Lipinski definition) is 9. The Hall–Kier alpha value is -2.24. The summed E-state index contributed by atoms with van der Waals surface area (Å²) in [6.45, 7) is 5.01. The Kier molecular flexibility index (Phi) is 8.68. The van der Waals surface area contributed by atoms with Gasteiger partial charge in [0.25, 0.3) is 10.1 Å². The van der Waals surface area contributed by atoms with Gasteiger partial charge in [0.1, 0.15) is 17.8 Å². The average molecular weight is 822 g/mol. The standard InChI is InChI=1S/C29H28I2O10S/c1-16(2)25(32)38-14-20-7-21(30)9-23(31)24(20)39-27(34)41-29-12-17-6-18(13-29)11-28(10-17,15-29)40-26(33)19-4-3-5-22(8-19)42(35,36)37/h3-5,7-9,17-18H,1,6,10-15H2,2H3,(H,35,36,37). The van der Waals surface area contributed by atoms with E-state index in [1.807, 2.05) is 28.7 Å². The highest BCUT2D eigenvalue weighted by Crippen LogP contribution is 2.60. The molecule has 6 rings (SSSR count). The zero-order valence-electron chi connectivity index (χ0n) is 22.6. The van der Waals surface area contributed by atoms with Gasteiger partial charge in [0.05, 0.1) is 14.0 Å². The maximum absolute atomic E-state index is 13.3. The minimum Gasteiger partial charge on any atom is -0.457 e. The van der Waals surface area contributed by atoms with Crippen molar-refractivity contribution in [1.29, 1.82) is 0 Å². The number of hydrogen-bond donors (Lipinski definition) is 1. The van der Waals surface area contributed by atoms with Gasteiger partial charge in [-0.1, -0.05) is 12.6 Å². The van der Waals surface area contributed by atoms with Gasteiger partial charge in [-0.05, 0) is 126 Å². The summed E-state index contributed by atoms with van der Waals surface area (Å²) in [7, 11) is -4.49. The molecular formula is C29H28I2O10S. The first-order valence-corrected chi connectivity index (χ1v) is 16.8. The van der Waals surface area contributed by atoms with Crippen LogP contribution in [0.1, 0.15) is 61.4 Å². The van der Waals surface area contributed by atoms with Crippen LogP contribution in [0.5, 0.6) is 5.75 Å². The van der Waals surface area contributed by atoms with E-state index >= 15 is 0 Å². The SMILES string of the molecule is C=C(C)C(=O)OCc1cc(I)cc(I)c1OC(=O)OC12CC3CC(C1)CC(OC(=O)c1cccc(S(=O)(=O)O)c1)(C3)C2. The monoisotopic (exact) mass is 822 g/mol. The van der Waals surface area contributed by atoms with Gasteiger partial charge >= 0.3 is 18.1 Å². The van der Waals surface area contributed by atoms with Crippen molar-refractivity contribution in [3.63, 3.8) is 0 Å². The van der Waals surface area contributed by atoms with Crippen LogP contribution in [0.15, 0.2) is 53.4 Å². The van der Waals surface area contributed by atoms with E-state index in [-0.39, 0.29) is 35.3 Å². The van der Waals surface area contributed by atoms with E-state index in [1.165, 1.54) is 18.2 Å². The van der Waals surface area contributed by atoms with Crippen molar-refractivity contribution in [2.75, 3.05) is 0 Å². The lowest BCUT2D eigenvalue weighted by Gasteiger charge is -2.59. The van der Waals surface area contributed by atoms with Crippen molar-refractivity contribution in [2.24, 2.45) is 11.8 Å². The Morgan fingerprint density at radius 3 is 2.29 bits per heavy atom. The number of halogens is 2. The van der Waals surface area contributed by atoms with Gasteiger partial charge in [-0.25, -0.2) is 14.4 Å². The Morgan fingerprint density at radius 1 is 1.02 bits per heavy atom. The van der Waals surface area contributed by atoms with E-state index in [0.717, 1.165) is 16.1 Å². The van der Waals surface area contributed by atoms with Crippen LogP contribution in [-0.4, -0.2) is 42.3 Å². The van der Waals surface area contributed by atoms with Crippen molar-refractivity contribution in [3.05, 3.63) is 66.8 Å². The molecular weight excluding hydrogens is 794 g/mol. The topological polar surface area (TPSA) is 142 Å². The third kappa shape index (κ3) is 6.78. The molecule has 42 heavy (non-hydrogen) atoms. The lowest BCUT2D eigenvalue weighted by atomic mass is 9.52. The molecule has 10 nitrogen and oxygen atoms in total. The second kappa shape index (κ2) is 11.7. The molecule has 4 bridgehead atoms. The van der Waals surface area contributed by atoms with Crippen molar-refractivity contribution < 1.29 is 46.3 Å². The lowest BCUT2D eigenvalue weighted by Crippen LogP contribution is -2.62. The lowest BCUT2D eigenvalue weighted by molar-refractivity contribution is -0.202. The maximum Gasteiger partial charge on any atom is 0.514 e. The second-order valence-corrected chi connectivity index (χ2v) is 15.2. The molecule has 0 spiro atoms. The van der Waals surface area contributed by atoms with Gasteiger partial charge in [-0.3, -0.25) is 4.55 Å². The smallest absolute Gasteiger partial charge is 0.457 e. The third-order valence-corrected chi connectivity index (χ3v) is 10.2. The van der Waals surface area contributed by atoms with Crippen LogP contribution in [0.3, 0.4) is 0 Å². The van der Waals surface area contributed by atoms with Crippen molar-refractivity contribution in [2.45, 2.75) is 68.2 Å². The molecule has 4 saturated carbocycles. The molecule has 4 aliphatic carbocycles. The fraction of sp³-hybridized carbons (Fsp3) is 0.414. The average Bonchev–Trinajstić information content (AvgIpc) is 2.87. The zero-order chi connectivity index (χ0) is 30.4. The molecule has 4 fully saturated rings. The van der Waals surface area contributed by atoms with Crippen molar-refractivity contribution in [1.82, 2.24) is 0 Å². The Balaban J connectivity index is 1.33. The summed E-state index contributed by atoms with van der Waals surface area (Å²) in [6.07, 6.45) is 2.78. The van der Waals surface area contributed by atoms with E-state index in [1.54, 1.807) is 13.0 Å². The van der Waals surface area contributed by atoms with E-state index in [4.69, 9.17) is 18.9 Å². The number of carbonyl (C=O) groups excluding carboxylic acids is 3. The molecule has 2 aromatic carbocycles. The molecule has 0 saturated heterocycles. The Labute approximate surface area is 270 Å². The predicted molar refractivity (Wildman–Crippen MR) is 165 cm³/mol. The van der Waals surface area contributed by atoms with Gasteiger partial charge in [0.2, 0.25) is 0 Å². The normalized spacial score (nSPS) is 25.9. The summed E-state index contributed by atoms with van der Waals surface area (Å²) in [5.41, 5.74) is -1.02. The molecule has 0 amide bonds. The molecule has 2 aromatic rings. The molecule has 0 aliphatic heterocycles.